The predicted octanol–water partition coefficient (Wildman–Crippen LogP) is 2.26. The number of hydrogen-bond acceptors (Lipinski definition) is 6. The van der Waals surface area contributed by atoms with Gasteiger partial charge in [0.25, 0.3) is 5.91 Å². The van der Waals surface area contributed by atoms with Gasteiger partial charge in [-0.1, -0.05) is 13.8 Å². The van der Waals surface area contributed by atoms with Gasteiger partial charge in [-0.05, 0) is 37.0 Å². The quantitative estimate of drug-likeness (QED) is 0.780. The lowest BCUT2D eigenvalue weighted by atomic mass is 9.75. The molecule has 1 aromatic carbocycles. The summed E-state index contributed by atoms with van der Waals surface area (Å²) in [6.07, 6.45) is 1.17. The molecule has 1 atom stereocenters. The van der Waals surface area contributed by atoms with E-state index in [2.05, 4.69) is 24.3 Å². The fourth-order valence-electron chi connectivity index (χ4n) is 4.26. The first-order chi connectivity index (χ1) is 14.2. The zero-order chi connectivity index (χ0) is 21.5. The van der Waals surface area contributed by atoms with Gasteiger partial charge in [0.1, 0.15) is 0 Å². The average Bonchev–Trinajstić information content (AvgIpc) is 3.02. The maximum atomic E-state index is 12.7. The Bertz CT molecular complexity index is 989. The van der Waals surface area contributed by atoms with E-state index in [9.17, 15) is 9.59 Å². The standard InChI is InChI=1S/C22H28N4O4/c1-13-20-18(9-22(2,3)10-19(20)27)26(25-13)14-4-5-16(21(23)28)17(8-14)24-11-15-12-29-6-7-30-15/h4-5,8,15,24H,6-7,9-12H2,1-3H3,(H2,23,28). The number of fused-ring (bicyclic) bond motifs is 1. The number of benzene rings is 1. The molecule has 0 bridgehead atoms. The molecule has 30 heavy (non-hydrogen) atoms. The number of carbonyl (C=O) groups is 2. The van der Waals surface area contributed by atoms with Gasteiger partial charge in [-0.2, -0.15) is 5.10 Å². The van der Waals surface area contributed by atoms with Crippen LogP contribution in [0.1, 0.15) is 52.4 Å². The highest BCUT2D eigenvalue weighted by atomic mass is 16.6. The smallest absolute Gasteiger partial charge is 0.250 e. The minimum absolute atomic E-state index is 0.0961. The van der Waals surface area contributed by atoms with Gasteiger partial charge in [-0.15, -0.1) is 0 Å². The molecule has 3 N–H and O–H groups in total. The van der Waals surface area contributed by atoms with Gasteiger partial charge in [0.2, 0.25) is 0 Å². The minimum Gasteiger partial charge on any atom is -0.382 e. The number of carbonyl (C=O) groups excluding carboxylic acids is 2. The van der Waals surface area contributed by atoms with Crippen LogP contribution in [0.2, 0.25) is 0 Å². The van der Waals surface area contributed by atoms with Crippen LogP contribution >= 0.6 is 0 Å². The molecule has 1 saturated heterocycles. The predicted molar refractivity (Wildman–Crippen MR) is 112 cm³/mol. The summed E-state index contributed by atoms with van der Waals surface area (Å²) >= 11 is 0. The maximum absolute atomic E-state index is 12.7. The normalized spacial score (nSPS) is 20.6. The van der Waals surface area contributed by atoms with Crippen LogP contribution in [-0.2, 0) is 15.9 Å². The fourth-order valence-corrected chi connectivity index (χ4v) is 4.26. The molecule has 1 aliphatic heterocycles. The SMILES string of the molecule is Cc1nn(-c2ccc(C(N)=O)c(NCC3COCCO3)c2)c2c1C(=O)CC(C)(C)C2. The van der Waals surface area contributed by atoms with Crippen molar-refractivity contribution in [1.29, 1.82) is 0 Å². The van der Waals surface area contributed by atoms with Crippen molar-refractivity contribution in [2.75, 3.05) is 31.7 Å². The van der Waals surface area contributed by atoms with E-state index >= 15 is 0 Å². The van der Waals surface area contributed by atoms with Gasteiger partial charge in [-0.25, -0.2) is 4.68 Å². The van der Waals surface area contributed by atoms with Crippen molar-refractivity contribution in [3.05, 3.63) is 40.7 Å². The van der Waals surface area contributed by atoms with E-state index < -0.39 is 5.91 Å². The second-order valence-corrected chi connectivity index (χ2v) is 8.80. The van der Waals surface area contributed by atoms with Crippen LogP contribution in [-0.4, -0.2) is 53.9 Å². The third kappa shape index (κ3) is 3.97. The van der Waals surface area contributed by atoms with Crippen LogP contribution in [0.4, 0.5) is 5.69 Å². The monoisotopic (exact) mass is 412 g/mol. The van der Waals surface area contributed by atoms with E-state index in [1.54, 1.807) is 6.07 Å². The molecule has 8 nitrogen and oxygen atoms in total. The summed E-state index contributed by atoms with van der Waals surface area (Å²) in [5.41, 5.74) is 9.59. The van der Waals surface area contributed by atoms with Crippen molar-refractivity contribution in [3.63, 3.8) is 0 Å². The fraction of sp³-hybridized carbons (Fsp3) is 0.500. The van der Waals surface area contributed by atoms with Crippen LogP contribution in [0.3, 0.4) is 0 Å². The van der Waals surface area contributed by atoms with Gasteiger partial charge in [0, 0.05) is 18.7 Å². The van der Waals surface area contributed by atoms with Crippen LogP contribution in [0.5, 0.6) is 0 Å². The summed E-state index contributed by atoms with van der Waals surface area (Å²) in [4.78, 5) is 24.6. The number of nitrogens with two attached hydrogens (primary N) is 1. The summed E-state index contributed by atoms with van der Waals surface area (Å²) < 4.78 is 12.9. The van der Waals surface area contributed by atoms with E-state index in [0.717, 1.165) is 29.1 Å². The molecule has 160 valence electrons. The molecule has 0 saturated carbocycles. The van der Waals surface area contributed by atoms with Gasteiger partial charge in [-0.3, -0.25) is 9.59 Å². The van der Waals surface area contributed by atoms with Crippen molar-refractivity contribution in [3.8, 4) is 5.69 Å². The molecule has 1 unspecified atom stereocenters. The van der Waals surface area contributed by atoms with Crippen molar-refractivity contribution < 1.29 is 19.1 Å². The molecule has 1 amide bonds. The Balaban J connectivity index is 1.69. The summed E-state index contributed by atoms with van der Waals surface area (Å²) in [7, 11) is 0. The van der Waals surface area contributed by atoms with Crippen molar-refractivity contribution in [1.82, 2.24) is 9.78 Å². The lowest BCUT2D eigenvalue weighted by molar-refractivity contribution is -0.0818. The summed E-state index contributed by atoms with van der Waals surface area (Å²) in [6, 6.07) is 5.35. The number of anilines is 1. The van der Waals surface area contributed by atoms with E-state index in [-0.39, 0.29) is 17.3 Å². The molecule has 0 radical (unpaired) electrons. The van der Waals surface area contributed by atoms with Crippen LogP contribution in [0.15, 0.2) is 18.2 Å². The lowest BCUT2D eigenvalue weighted by Gasteiger charge is -2.29. The first-order valence-corrected chi connectivity index (χ1v) is 10.2. The molecular formula is C22H28N4O4. The maximum Gasteiger partial charge on any atom is 0.250 e. The van der Waals surface area contributed by atoms with Gasteiger partial charge >= 0.3 is 0 Å². The number of aromatic nitrogens is 2. The third-order valence-electron chi connectivity index (χ3n) is 5.64. The number of nitrogens with zero attached hydrogens (tertiary/aromatic N) is 2. The van der Waals surface area contributed by atoms with Crippen molar-refractivity contribution >= 4 is 17.4 Å². The molecular weight excluding hydrogens is 384 g/mol. The second-order valence-electron chi connectivity index (χ2n) is 8.80. The number of Topliss-reactive ketones (excluding diaryl/α,β-unsaturated/α-hetero) is 1. The number of rotatable bonds is 5. The molecule has 2 aromatic rings. The lowest BCUT2D eigenvalue weighted by Crippen LogP contribution is -2.34. The number of primary amides is 1. The highest BCUT2D eigenvalue weighted by Crippen LogP contribution is 2.37. The molecule has 1 fully saturated rings. The number of nitrogens with one attached hydrogen (secondary N) is 1. The van der Waals surface area contributed by atoms with Crippen molar-refractivity contribution in [2.45, 2.75) is 39.7 Å². The molecule has 1 aromatic heterocycles. The summed E-state index contributed by atoms with van der Waals surface area (Å²) in [5, 5.41) is 7.92. The Morgan fingerprint density at radius 2 is 2.13 bits per heavy atom. The Hall–Kier alpha value is -2.71. The minimum atomic E-state index is -0.514. The summed E-state index contributed by atoms with van der Waals surface area (Å²) in [5.74, 6) is -0.383. The summed E-state index contributed by atoms with van der Waals surface area (Å²) in [6.45, 7) is 8.19. The zero-order valence-electron chi connectivity index (χ0n) is 17.7. The Morgan fingerprint density at radius 3 is 2.83 bits per heavy atom. The van der Waals surface area contributed by atoms with Gasteiger partial charge < -0.3 is 20.5 Å². The van der Waals surface area contributed by atoms with E-state index in [4.69, 9.17) is 15.2 Å². The largest absolute Gasteiger partial charge is 0.382 e. The Morgan fingerprint density at radius 1 is 1.33 bits per heavy atom. The van der Waals surface area contributed by atoms with E-state index in [0.29, 0.717) is 44.0 Å². The number of hydrogen-bond donors (Lipinski definition) is 2. The van der Waals surface area contributed by atoms with Crippen LogP contribution in [0, 0.1) is 12.3 Å². The third-order valence-corrected chi connectivity index (χ3v) is 5.64. The van der Waals surface area contributed by atoms with Crippen LogP contribution in [0.25, 0.3) is 5.69 Å². The van der Waals surface area contributed by atoms with Gasteiger partial charge in [0.15, 0.2) is 5.78 Å². The Kier molecular flexibility index (Phi) is 5.38. The number of aryl methyl sites for hydroxylation is 1. The molecule has 8 heteroatoms. The van der Waals surface area contributed by atoms with E-state index in [1.165, 1.54) is 0 Å². The van der Waals surface area contributed by atoms with Crippen molar-refractivity contribution in [2.24, 2.45) is 11.1 Å². The highest BCUT2D eigenvalue weighted by molar-refractivity contribution is 6.00. The molecule has 2 heterocycles. The highest BCUT2D eigenvalue weighted by Gasteiger charge is 2.35. The van der Waals surface area contributed by atoms with Crippen LogP contribution < -0.4 is 11.1 Å². The molecule has 4 rings (SSSR count). The number of ketones is 1. The van der Waals surface area contributed by atoms with E-state index in [1.807, 2.05) is 23.7 Å². The first-order valence-electron chi connectivity index (χ1n) is 10.2. The molecule has 1 aliphatic carbocycles. The van der Waals surface area contributed by atoms with Gasteiger partial charge in [0.05, 0.1) is 54.1 Å². The zero-order valence-corrected chi connectivity index (χ0v) is 17.7. The topological polar surface area (TPSA) is 108 Å². The second kappa shape index (κ2) is 7.85. The number of amides is 1. The average molecular weight is 412 g/mol. The first kappa shape index (κ1) is 20.6. The molecule has 0 spiro atoms. The number of ether oxygens (including phenoxy) is 2. The Labute approximate surface area is 175 Å². The molecule has 2 aliphatic rings.